The Hall–Kier alpha value is -3.19. The van der Waals surface area contributed by atoms with Gasteiger partial charge in [-0.1, -0.05) is 6.42 Å². The van der Waals surface area contributed by atoms with Gasteiger partial charge in [-0.15, -0.1) is 0 Å². The summed E-state index contributed by atoms with van der Waals surface area (Å²) in [6.45, 7) is 3.08. The fourth-order valence-corrected chi connectivity index (χ4v) is 4.53. The van der Waals surface area contributed by atoms with Crippen molar-refractivity contribution in [1.82, 2.24) is 24.6 Å². The van der Waals surface area contributed by atoms with Gasteiger partial charge in [-0.3, -0.25) is 14.4 Å². The van der Waals surface area contributed by atoms with Crippen molar-refractivity contribution in [2.75, 3.05) is 18.9 Å². The Morgan fingerprint density at radius 1 is 1.20 bits per heavy atom. The fourth-order valence-electron chi connectivity index (χ4n) is 4.53. The maximum Gasteiger partial charge on any atom is 0.256 e. The minimum atomic E-state index is -0.175. The van der Waals surface area contributed by atoms with Crippen LogP contribution in [0.3, 0.4) is 0 Å². The molecule has 30 heavy (non-hydrogen) atoms. The highest BCUT2D eigenvalue weighted by atomic mass is 16.1. The molecule has 1 aliphatic rings. The number of pyridine rings is 1. The lowest BCUT2D eigenvalue weighted by molar-refractivity contribution is 0.102. The first-order chi connectivity index (χ1) is 14.5. The molecule has 1 fully saturated rings. The second kappa shape index (κ2) is 7.25. The van der Waals surface area contributed by atoms with Crippen LogP contribution in [0.5, 0.6) is 0 Å². The van der Waals surface area contributed by atoms with E-state index in [9.17, 15) is 4.79 Å². The number of carbonyl (C=O) groups is 1. The van der Waals surface area contributed by atoms with Crippen LogP contribution in [-0.2, 0) is 7.05 Å². The summed E-state index contributed by atoms with van der Waals surface area (Å²) < 4.78 is 1.83. The smallest absolute Gasteiger partial charge is 0.256 e. The van der Waals surface area contributed by atoms with Crippen molar-refractivity contribution in [3.05, 3.63) is 53.5 Å². The molecule has 0 aliphatic carbocycles. The van der Waals surface area contributed by atoms with Gasteiger partial charge in [0.15, 0.2) is 0 Å². The summed E-state index contributed by atoms with van der Waals surface area (Å²) in [4.78, 5) is 23.2. The molecule has 5 rings (SSSR count). The molecule has 1 aromatic carbocycles. The molecule has 1 atom stereocenters. The number of nitrogens with one attached hydrogen (secondary N) is 2. The molecule has 1 saturated heterocycles. The number of benzene rings is 1. The average molecular weight is 403 g/mol. The topological polar surface area (TPSA) is 78.8 Å². The molecule has 1 amide bonds. The van der Waals surface area contributed by atoms with Crippen LogP contribution < -0.4 is 5.32 Å². The van der Waals surface area contributed by atoms with Crippen molar-refractivity contribution in [2.45, 2.75) is 32.2 Å². The minimum absolute atomic E-state index is 0.175. The zero-order valence-electron chi connectivity index (χ0n) is 17.6. The van der Waals surface area contributed by atoms with Gasteiger partial charge in [0, 0.05) is 47.4 Å². The van der Waals surface area contributed by atoms with Crippen LogP contribution in [-0.4, -0.2) is 44.1 Å². The summed E-state index contributed by atoms with van der Waals surface area (Å²) >= 11 is 0. The molecule has 0 bridgehead atoms. The number of hydrogen-bond donors (Lipinski definition) is 2. The molecular weight excluding hydrogens is 376 g/mol. The number of aryl methyl sites for hydroxylation is 2. The number of hydrogen-bond acceptors (Lipinski definition) is 4. The van der Waals surface area contributed by atoms with Crippen molar-refractivity contribution in [1.29, 1.82) is 0 Å². The van der Waals surface area contributed by atoms with E-state index in [1.165, 1.54) is 18.5 Å². The van der Waals surface area contributed by atoms with Crippen LogP contribution in [0, 0.1) is 6.92 Å². The molecular formula is C23H26N6O. The summed E-state index contributed by atoms with van der Waals surface area (Å²) in [6.07, 6.45) is 5.50. The van der Waals surface area contributed by atoms with Crippen molar-refractivity contribution in [3.8, 4) is 0 Å². The van der Waals surface area contributed by atoms with E-state index in [-0.39, 0.29) is 5.91 Å². The molecule has 0 spiro atoms. The number of rotatable bonds is 3. The second-order valence-electron chi connectivity index (χ2n) is 8.27. The molecule has 0 radical (unpaired) electrons. The predicted octanol–water partition coefficient (Wildman–Crippen LogP) is 4.17. The highest BCUT2D eigenvalue weighted by molar-refractivity contribution is 6.06. The molecule has 0 unspecified atom stereocenters. The Balaban J connectivity index is 1.39. The van der Waals surface area contributed by atoms with Crippen LogP contribution in [0.1, 0.15) is 47.1 Å². The molecule has 7 heteroatoms. The number of nitrogens with zero attached hydrogens (tertiary/aromatic N) is 4. The van der Waals surface area contributed by atoms with E-state index in [1.807, 2.05) is 49.1 Å². The maximum absolute atomic E-state index is 12.8. The SMILES string of the molecule is Cc1nn(C)c2ccc(C(=O)Nc3cc4[nH]c([C@H]5CCCCN5C)cc4cn3)cc12. The van der Waals surface area contributed by atoms with Crippen molar-refractivity contribution in [3.63, 3.8) is 0 Å². The van der Waals surface area contributed by atoms with Gasteiger partial charge in [0.05, 0.1) is 16.7 Å². The van der Waals surface area contributed by atoms with Gasteiger partial charge in [-0.05, 0) is 57.6 Å². The van der Waals surface area contributed by atoms with Gasteiger partial charge >= 0.3 is 0 Å². The molecule has 154 valence electrons. The number of anilines is 1. The number of carbonyl (C=O) groups excluding carboxylic acids is 1. The van der Waals surface area contributed by atoms with Crippen LogP contribution in [0.15, 0.2) is 36.5 Å². The lowest BCUT2D eigenvalue weighted by Crippen LogP contribution is -2.29. The summed E-state index contributed by atoms with van der Waals surface area (Å²) in [5.41, 5.74) is 4.72. The van der Waals surface area contributed by atoms with E-state index in [4.69, 9.17) is 0 Å². The molecule has 3 aromatic heterocycles. The van der Waals surface area contributed by atoms with E-state index in [1.54, 1.807) is 0 Å². The van der Waals surface area contributed by atoms with Gasteiger partial charge < -0.3 is 10.3 Å². The number of piperidine rings is 1. The van der Waals surface area contributed by atoms with Crippen molar-refractivity contribution in [2.24, 2.45) is 7.05 Å². The number of likely N-dealkylation sites (tertiary alicyclic amines) is 1. The Labute approximate surface area is 175 Å². The summed E-state index contributed by atoms with van der Waals surface area (Å²) in [5.74, 6) is 0.367. The molecule has 2 N–H and O–H groups in total. The normalized spacial score (nSPS) is 17.6. The molecule has 7 nitrogen and oxygen atoms in total. The average Bonchev–Trinajstić information content (AvgIpc) is 3.28. The Kier molecular flexibility index (Phi) is 4.55. The molecule has 4 heterocycles. The third-order valence-electron chi connectivity index (χ3n) is 6.19. The van der Waals surface area contributed by atoms with Crippen molar-refractivity contribution >= 4 is 33.5 Å². The van der Waals surface area contributed by atoms with Gasteiger partial charge in [-0.25, -0.2) is 4.98 Å². The summed E-state index contributed by atoms with van der Waals surface area (Å²) in [6, 6.07) is 10.1. The number of amides is 1. The number of aromatic nitrogens is 4. The quantitative estimate of drug-likeness (QED) is 0.539. The van der Waals surface area contributed by atoms with Gasteiger partial charge in [-0.2, -0.15) is 5.10 Å². The lowest BCUT2D eigenvalue weighted by Gasteiger charge is -2.31. The maximum atomic E-state index is 12.8. The van der Waals surface area contributed by atoms with E-state index in [2.05, 4.69) is 38.4 Å². The van der Waals surface area contributed by atoms with Gasteiger partial charge in [0.1, 0.15) is 5.82 Å². The third-order valence-corrected chi connectivity index (χ3v) is 6.19. The first-order valence-electron chi connectivity index (χ1n) is 10.4. The highest BCUT2D eigenvalue weighted by Gasteiger charge is 2.22. The lowest BCUT2D eigenvalue weighted by atomic mass is 10.0. The van der Waals surface area contributed by atoms with E-state index in [0.717, 1.165) is 40.5 Å². The highest BCUT2D eigenvalue weighted by Crippen LogP contribution is 2.31. The summed E-state index contributed by atoms with van der Waals surface area (Å²) in [7, 11) is 4.09. The largest absolute Gasteiger partial charge is 0.357 e. The molecule has 4 aromatic rings. The summed E-state index contributed by atoms with van der Waals surface area (Å²) in [5, 5.41) is 9.40. The van der Waals surface area contributed by atoms with Crippen LogP contribution >= 0.6 is 0 Å². The standard InChI is InChI=1S/C23H26N6O/c1-14-17-10-15(7-8-20(17)29(3)27-14)23(30)26-22-12-18-16(13-24-22)11-19(25-18)21-6-4-5-9-28(21)2/h7-8,10-13,21,25H,4-6,9H2,1-3H3,(H,24,26,30)/t21-/m1/s1. The molecule has 0 saturated carbocycles. The number of aromatic amines is 1. The Bertz CT molecular complexity index is 1250. The van der Waals surface area contributed by atoms with Crippen molar-refractivity contribution < 1.29 is 4.79 Å². The zero-order chi connectivity index (χ0) is 20.8. The van der Waals surface area contributed by atoms with Crippen LogP contribution in [0.2, 0.25) is 0 Å². The van der Waals surface area contributed by atoms with E-state index < -0.39 is 0 Å². The second-order valence-corrected chi connectivity index (χ2v) is 8.27. The molecule has 1 aliphatic heterocycles. The number of fused-ring (bicyclic) bond motifs is 2. The van der Waals surface area contributed by atoms with Gasteiger partial charge in [0.25, 0.3) is 5.91 Å². The third kappa shape index (κ3) is 3.25. The first kappa shape index (κ1) is 18.8. The number of H-pyrrole nitrogens is 1. The van der Waals surface area contributed by atoms with Crippen LogP contribution in [0.25, 0.3) is 21.8 Å². The Morgan fingerprint density at radius 3 is 2.90 bits per heavy atom. The Morgan fingerprint density at radius 2 is 2.07 bits per heavy atom. The van der Waals surface area contributed by atoms with E-state index in [0.29, 0.717) is 17.4 Å². The first-order valence-corrected chi connectivity index (χ1v) is 10.4. The monoisotopic (exact) mass is 402 g/mol. The fraction of sp³-hybridized carbons (Fsp3) is 0.348. The van der Waals surface area contributed by atoms with Gasteiger partial charge in [0.2, 0.25) is 0 Å². The zero-order valence-corrected chi connectivity index (χ0v) is 17.6. The van der Waals surface area contributed by atoms with E-state index >= 15 is 0 Å². The van der Waals surface area contributed by atoms with Crippen LogP contribution in [0.4, 0.5) is 5.82 Å². The minimum Gasteiger partial charge on any atom is -0.357 e. The predicted molar refractivity (Wildman–Crippen MR) is 119 cm³/mol.